The lowest BCUT2D eigenvalue weighted by atomic mass is 10.0. The van der Waals surface area contributed by atoms with E-state index in [4.69, 9.17) is 6.57 Å². The molecule has 0 aliphatic rings. The summed E-state index contributed by atoms with van der Waals surface area (Å²) >= 11 is 2.73. The molecule has 4 nitrogen and oxygen atoms in total. The second-order valence-electron chi connectivity index (χ2n) is 6.21. The first-order valence-electron chi connectivity index (χ1n) is 7.62. The highest BCUT2D eigenvalue weighted by molar-refractivity contribution is 8.01. The van der Waals surface area contributed by atoms with Crippen LogP contribution in [0.1, 0.15) is 19.4 Å². The summed E-state index contributed by atoms with van der Waals surface area (Å²) in [5.74, 6) is -0.854. The fourth-order valence-electron chi connectivity index (χ4n) is 2.53. The van der Waals surface area contributed by atoms with Crippen LogP contribution in [0.5, 0.6) is 0 Å². The van der Waals surface area contributed by atoms with Crippen LogP contribution >= 0.6 is 23.3 Å². The van der Waals surface area contributed by atoms with Gasteiger partial charge in [0, 0.05) is 22.0 Å². The third kappa shape index (κ3) is 3.26. The normalized spacial score (nSPS) is 11.4. The van der Waals surface area contributed by atoms with Crippen molar-refractivity contribution in [3.05, 3.63) is 53.5 Å². The number of benzene rings is 2. The third-order valence-electron chi connectivity index (χ3n) is 3.97. The molecule has 126 valence electrons. The van der Waals surface area contributed by atoms with E-state index in [1.54, 1.807) is 13.8 Å². The number of carbonyl (C=O) groups is 1. The fraction of sp³-hybridized carbons (Fsp3) is 0.211. The lowest BCUT2D eigenvalue weighted by molar-refractivity contribution is -0.138. The first-order chi connectivity index (χ1) is 11.8. The SMILES string of the molecule is [C-]#[N+]c1ccc(-c2c(SC(C)(C)C(=O)O)ccc3cnsc23)cc1C. The van der Waals surface area contributed by atoms with Crippen LogP contribution in [0.4, 0.5) is 5.69 Å². The quantitative estimate of drug-likeness (QED) is 0.468. The van der Waals surface area contributed by atoms with Crippen LogP contribution in [0.25, 0.3) is 26.1 Å². The van der Waals surface area contributed by atoms with Gasteiger partial charge >= 0.3 is 5.97 Å². The van der Waals surface area contributed by atoms with Crippen molar-refractivity contribution in [2.45, 2.75) is 30.4 Å². The molecule has 0 amide bonds. The van der Waals surface area contributed by atoms with Crippen LogP contribution in [0.3, 0.4) is 0 Å². The second-order valence-corrected chi connectivity index (χ2v) is 8.68. The van der Waals surface area contributed by atoms with Crippen LogP contribution in [-0.4, -0.2) is 20.2 Å². The second kappa shape index (κ2) is 6.51. The molecule has 25 heavy (non-hydrogen) atoms. The Morgan fingerprint density at radius 3 is 2.72 bits per heavy atom. The molecule has 0 radical (unpaired) electrons. The number of thioether (sulfide) groups is 1. The highest BCUT2D eigenvalue weighted by Crippen LogP contribution is 2.44. The molecule has 0 unspecified atom stereocenters. The molecule has 0 aliphatic carbocycles. The number of hydrogen-bond donors (Lipinski definition) is 1. The van der Waals surface area contributed by atoms with Crippen LogP contribution in [0.15, 0.2) is 41.4 Å². The van der Waals surface area contributed by atoms with E-state index in [9.17, 15) is 9.90 Å². The van der Waals surface area contributed by atoms with Gasteiger partial charge < -0.3 is 5.11 Å². The van der Waals surface area contributed by atoms with Gasteiger partial charge in [-0.1, -0.05) is 24.3 Å². The standard InChI is InChI=1S/C19H16N2O2S2/c1-11-9-12(5-7-14(11)20-4)16-15(24-19(2,3)18(22)23)8-6-13-10-21-25-17(13)16/h5-10H,1-3H3,(H,22,23). The number of rotatable bonds is 4. The van der Waals surface area contributed by atoms with E-state index in [-0.39, 0.29) is 0 Å². The van der Waals surface area contributed by atoms with Gasteiger partial charge in [-0.15, -0.1) is 11.8 Å². The minimum atomic E-state index is -0.946. The molecule has 3 rings (SSSR count). The Kier molecular flexibility index (Phi) is 4.55. The molecule has 3 aromatic rings. The van der Waals surface area contributed by atoms with Crippen molar-refractivity contribution >= 4 is 45.0 Å². The van der Waals surface area contributed by atoms with Crippen molar-refractivity contribution in [2.75, 3.05) is 0 Å². The number of hydrogen-bond acceptors (Lipinski definition) is 4. The Hall–Kier alpha value is -2.36. The van der Waals surface area contributed by atoms with Gasteiger partial charge in [0.2, 0.25) is 0 Å². The molecule has 0 saturated heterocycles. The van der Waals surface area contributed by atoms with Crippen LogP contribution in [-0.2, 0) is 4.79 Å². The monoisotopic (exact) mass is 368 g/mol. The first-order valence-corrected chi connectivity index (χ1v) is 9.21. The van der Waals surface area contributed by atoms with Gasteiger partial charge in [0.25, 0.3) is 0 Å². The number of aliphatic carboxylic acids is 1. The molecule has 6 heteroatoms. The van der Waals surface area contributed by atoms with Gasteiger partial charge in [-0.3, -0.25) is 4.79 Å². The molecule has 1 heterocycles. The zero-order valence-electron chi connectivity index (χ0n) is 14.0. The number of aryl methyl sites for hydroxylation is 1. The number of nitrogens with zero attached hydrogens (tertiary/aromatic N) is 2. The molecular weight excluding hydrogens is 352 g/mol. The minimum Gasteiger partial charge on any atom is -0.480 e. The molecule has 0 spiro atoms. The topological polar surface area (TPSA) is 54.5 Å². The fourth-order valence-corrected chi connectivity index (χ4v) is 4.51. The smallest absolute Gasteiger partial charge is 0.319 e. The molecule has 0 saturated carbocycles. The highest BCUT2D eigenvalue weighted by atomic mass is 32.2. The van der Waals surface area contributed by atoms with Gasteiger partial charge in [0.05, 0.1) is 11.3 Å². The summed E-state index contributed by atoms with van der Waals surface area (Å²) in [7, 11) is 0. The molecule has 0 fully saturated rings. The van der Waals surface area contributed by atoms with E-state index in [2.05, 4.69) is 9.22 Å². The van der Waals surface area contributed by atoms with Gasteiger partial charge in [0.15, 0.2) is 5.69 Å². The predicted molar refractivity (Wildman–Crippen MR) is 104 cm³/mol. The van der Waals surface area contributed by atoms with E-state index in [1.165, 1.54) is 23.3 Å². The third-order valence-corrected chi connectivity index (χ3v) is 6.05. The summed E-state index contributed by atoms with van der Waals surface area (Å²) < 4.78 is 4.37. The Morgan fingerprint density at radius 2 is 2.08 bits per heavy atom. The molecule has 0 bridgehead atoms. The molecule has 1 aromatic heterocycles. The molecular formula is C19H16N2O2S2. The van der Waals surface area contributed by atoms with Gasteiger partial charge in [-0.25, -0.2) is 4.85 Å². The first kappa shape index (κ1) is 17.5. The minimum absolute atomic E-state index is 0.625. The van der Waals surface area contributed by atoms with Gasteiger partial charge in [-0.2, -0.15) is 4.37 Å². The highest BCUT2D eigenvalue weighted by Gasteiger charge is 2.30. The lowest BCUT2D eigenvalue weighted by Gasteiger charge is -2.21. The van der Waals surface area contributed by atoms with E-state index >= 15 is 0 Å². The summed E-state index contributed by atoms with van der Waals surface area (Å²) in [6.45, 7) is 12.5. The summed E-state index contributed by atoms with van der Waals surface area (Å²) in [5.41, 5.74) is 3.49. The number of carboxylic acid groups (broad SMARTS) is 1. The van der Waals surface area contributed by atoms with Crippen LogP contribution < -0.4 is 0 Å². The molecule has 1 N–H and O–H groups in total. The van der Waals surface area contributed by atoms with Crippen molar-refractivity contribution in [2.24, 2.45) is 0 Å². The summed E-state index contributed by atoms with van der Waals surface area (Å²) in [6.07, 6.45) is 1.82. The summed E-state index contributed by atoms with van der Waals surface area (Å²) in [4.78, 5) is 16.0. The molecule has 0 atom stereocenters. The summed E-state index contributed by atoms with van der Waals surface area (Å²) in [6, 6.07) is 9.66. The zero-order valence-corrected chi connectivity index (χ0v) is 15.7. The van der Waals surface area contributed by atoms with E-state index in [1.807, 2.05) is 43.5 Å². The lowest BCUT2D eigenvalue weighted by Crippen LogP contribution is -2.26. The van der Waals surface area contributed by atoms with Crippen molar-refractivity contribution in [3.63, 3.8) is 0 Å². The Labute approximate surface area is 154 Å². The maximum Gasteiger partial charge on any atom is 0.319 e. The van der Waals surface area contributed by atoms with Crippen molar-refractivity contribution < 1.29 is 9.90 Å². The van der Waals surface area contributed by atoms with E-state index < -0.39 is 10.7 Å². The van der Waals surface area contributed by atoms with E-state index in [0.717, 1.165) is 31.7 Å². The Balaban J connectivity index is 2.23. The molecule has 0 aliphatic heterocycles. The number of fused-ring (bicyclic) bond motifs is 1. The maximum absolute atomic E-state index is 11.6. The van der Waals surface area contributed by atoms with Crippen molar-refractivity contribution in [1.82, 2.24) is 4.37 Å². The maximum atomic E-state index is 11.6. The number of aromatic nitrogens is 1. The van der Waals surface area contributed by atoms with Gasteiger partial charge in [0.1, 0.15) is 4.75 Å². The Bertz CT molecular complexity index is 1020. The average molecular weight is 368 g/mol. The van der Waals surface area contributed by atoms with E-state index in [0.29, 0.717) is 5.69 Å². The average Bonchev–Trinajstić information content (AvgIpc) is 3.02. The summed E-state index contributed by atoms with van der Waals surface area (Å²) in [5, 5.41) is 10.5. The van der Waals surface area contributed by atoms with Crippen molar-refractivity contribution in [3.8, 4) is 11.1 Å². The number of carboxylic acids is 1. The van der Waals surface area contributed by atoms with Gasteiger partial charge in [-0.05, 0) is 49.5 Å². The predicted octanol–water partition coefficient (Wildman–Crippen LogP) is 5.78. The van der Waals surface area contributed by atoms with Crippen molar-refractivity contribution in [1.29, 1.82) is 0 Å². The Morgan fingerprint density at radius 1 is 1.32 bits per heavy atom. The zero-order chi connectivity index (χ0) is 18.2. The van der Waals surface area contributed by atoms with Crippen LogP contribution in [0.2, 0.25) is 0 Å². The van der Waals surface area contributed by atoms with Crippen LogP contribution in [0, 0.1) is 13.5 Å². The largest absolute Gasteiger partial charge is 0.480 e. The molecule has 2 aromatic carbocycles.